The third-order valence-corrected chi connectivity index (χ3v) is 8.98. The summed E-state index contributed by atoms with van der Waals surface area (Å²) in [5, 5.41) is 11.7. The lowest BCUT2D eigenvalue weighted by Gasteiger charge is -2.41. The van der Waals surface area contributed by atoms with Crippen molar-refractivity contribution >= 4 is 22.0 Å². The van der Waals surface area contributed by atoms with Crippen LogP contribution in [0.1, 0.15) is 44.2 Å². The van der Waals surface area contributed by atoms with Crippen LogP contribution in [-0.2, 0) is 19.8 Å². The van der Waals surface area contributed by atoms with Crippen LogP contribution in [0.5, 0.6) is 0 Å². The van der Waals surface area contributed by atoms with E-state index in [1.54, 1.807) is 6.92 Å². The molecule has 3 saturated heterocycles. The van der Waals surface area contributed by atoms with E-state index < -0.39 is 45.8 Å². The fraction of sp³-hybridized carbons (Fsp3) is 0.609. The summed E-state index contributed by atoms with van der Waals surface area (Å²) >= 11 is 0. The molecule has 1 aromatic carbocycles. The molecule has 2 amide bonds. The van der Waals surface area contributed by atoms with E-state index in [4.69, 9.17) is 5.26 Å². The first-order valence-corrected chi connectivity index (χ1v) is 13.2. The highest BCUT2D eigenvalue weighted by atomic mass is 32.2. The van der Waals surface area contributed by atoms with E-state index in [1.807, 2.05) is 0 Å². The van der Waals surface area contributed by atoms with Gasteiger partial charge >= 0.3 is 0 Å². The van der Waals surface area contributed by atoms with Gasteiger partial charge in [0.2, 0.25) is 11.8 Å². The molecule has 0 radical (unpaired) electrons. The smallest absolute Gasteiger partial charge is 0.282 e. The van der Waals surface area contributed by atoms with Crippen molar-refractivity contribution < 1.29 is 26.8 Å². The Morgan fingerprint density at radius 2 is 1.83 bits per heavy atom. The molecule has 3 atom stereocenters. The van der Waals surface area contributed by atoms with Gasteiger partial charge in [-0.1, -0.05) is 6.07 Å². The molecule has 0 saturated carbocycles. The maximum absolute atomic E-state index is 14.1. The van der Waals surface area contributed by atoms with Gasteiger partial charge < -0.3 is 10.2 Å². The van der Waals surface area contributed by atoms with E-state index in [-0.39, 0.29) is 37.0 Å². The Labute approximate surface area is 203 Å². The number of nitrogens with one attached hydrogen (secondary N) is 1. The van der Waals surface area contributed by atoms with E-state index in [0.717, 1.165) is 12.1 Å². The molecule has 4 rings (SSSR count). The lowest BCUT2D eigenvalue weighted by atomic mass is 9.97. The summed E-state index contributed by atoms with van der Waals surface area (Å²) in [5.74, 6) is -3.02. The Morgan fingerprint density at radius 3 is 2.51 bits per heavy atom. The van der Waals surface area contributed by atoms with Crippen molar-refractivity contribution in [1.29, 1.82) is 5.26 Å². The van der Waals surface area contributed by atoms with Crippen molar-refractivity contribution in [1.82, 2.24) is 18.8 Å². The number of likely N-dealkylation sites (tertiary alicyclic amines) is 1. The van der Waals surface area contributed by atoms with Gasteiger partial charge in [-0.3, -0.25) is 9.59 Å². The van der Waals surface area contributed by atoms with Crippen LogP contribution in [0.4, 0.5) is 8.78 Å². The zero-order valence-electron chi connectivity index (χ0n) is 19.5. The lowest BCUT2D eigenvalue weighted by molar-refractivity contribution is -0.142. The first-order valence-electron chi connectivity index (χ1n) is 11.8. The number of carbonyl (C=O) groups excluding carboxylic acids is 2. The van der Waals surface area contributed by atoms with Gasteiger partial charge in [-0.25, -0.2) is 8.78 Å². The average Bonchev–Trinajstić information content (AvgIpc) is 3.28. The normalized spacial score (nSPS) is 25.0. The number of piperidine rings is 1. The third kappa shape index (κ3) is 5.17. The highest BCUT2D eigenvalue weighted by Gasteiger charge is 2.44. The number of hydrogen-bond acceptors (Lipinski definition) is 5. The quantitative estimate of drug-likeness (QED) is 0.625. The molecule has 0 aromatic heterocycles. The molecule has 0 aliphatic carbocycles. The van der Waals surface area contributed by atoms with Gasteiger partial charge in [-0.2, -0.15) is 22.3 Å². The van der Waals surface area contributed by atoms with Crippen molar-refractivity contribution in [3.8, 4) is 6.07 Å². The maximum Gasteiger partial charge on any atom is 0.282 e. The molecule has 3 aliphatic heterocycles. The molecule has 1 N–H and O–H groups in total. The Morgan fingerprint density at radius 1 is 1.11 bits per heavy atom. The Hall–Kier alpha value is -2.62. The van der Waals surface area contributed by atoms with Crippen LogP contribution in [0.15, 0.2) is 18.2 Å². The molecule has 35 heavy (non-hydrogen) atoms. The van der Waals surface area contributed by atoms with Crippen LogP contribution >= 0.6 is 0 Å². The molecule has 0 bridgehead atoms. The van der Waals surface area contributed by atoms with Crippen molar-refractivity contribution in [2.24, 2.45) is 11.8 Å². The van der Waals surface area contributed by atoms with Gasteiger partial charge in [0.05, 0.1) is 23.9 Å². The van der Waals surface area contributed by atoms with E-state index in [0.29, 0.717) is 38.8 Å². The van der Waals surface area contributed by atoms with Crippen LogP contribution in [0.2, 0.25) is 0 Å². The summed E-state index contributed by atoms with van der Waals surface area (Å²) in [4.78, 5) is 27.8. The van der Waals surface area contributed by atoms with Crippen molar-refractivity contribution in [2.75, 3.05) is 32.7 Å². The largest absolute Gasteiger partial charge is 0.348 e. The second-order valence-electron chi connectivity index (χ2n) is 9.43. The SMILES string of the molecule is CC(NC(=O)[C@H]1CCCN1C(=O)[C@H]1CCCN(S(=O)(=O)N2CC(C#N)C2)C1)c1ccc(F)cc1F. The third-order valence-electron chi connectivity index (χ3n) is 7.04. The molecular formula is C23H29F2N5O4S. The number of nitrogens with zero attached hydrogens (tertiary/aromatic N) is 4. The molecule has 190 valence electrons. The van der Waals surface area contributed by atoms with Crippen LogP contribution in [0.25, 0.3) is 0 Å². The predicted molar refractivity (Wildman–Crippen MR) is 122 cm³/mol. The lowest BCUT2D eigenvalue weighted by Crippen LogP contribution is -2.57. The molecule has 12 heteroatoms. The fourth-order valence-electron chi connectivity index (χ4n) is 5.00. The van der Waals surface area contributed by atoms with Crippen molar-refractivity contribution in [2.45, 2.75) is 44.7 Å². The summed E-state index contributed by atoms with van der Waals surface area (Å²) in [6, 6.07) is 3.76. The fourth-order valence-corrected chi connectivity index (χ4v) is 6.79. The van der Waals surface area contributed by atoms with Gasteiger partial charge in [0.25, 0.3) is 10.2 Å². The van der Waals surface area contributed by atoms with Gasteiger partial charge in [0, 0.05) is 44.4 Å². The first kappa shape index (κ1) is 25.5. The Bertz CT molecular complexity index is 1140. The minimum absolute atomic E-state index is 0.0386. The number of nitriles is 1. The number of rotatable bonds is 6. The predicted octanol–water partition coefficient (Wildman–Crippen LogP) is 1.55. The molecule has 1 aromatic rings. The topological polar surface area (TPSA) is 114 Å². The van der Waals surface area contributed by atoms with Gasteiger partial charge in [0.1, 0.15) is 17.7 Å². The number of hydrogen-bond donors (Lipinski definition) is 1. The molecule has 3 aliphatic rings. The number of carbonyl (C=O) groups is 2. The maximum atomic E-state index is 14.1. The highest BCUT2D eigenvalue weighted by molar-refractivity contribution is 7.86. The second-order valence-corrected chi connectivity index (χ2v) is 11.4. The number of amides is 2. The molecular weight excluding hydrogens is 480 g/mol. The van der Waals surface area contributed by atoms with Crippen LogP contribution < -0.4 is 5.32 Å². The van der Waals surface area contributed by atoms with Crippen molar-refractivity contribution in [3.05, 3.63) is 35.4 Å². The summed E-state index contributed by atoms with van der Waals surface area (Å²) in [5.41, 5.74) is 0.147. The minimum atomic E-state index is -3.74. The Balaban J connectivity index is 1.39. The van der Waals surface area contributed by atoms with Gasteiger partial charge in [-0.15, -0.1) is 0 Å². The highest BCUT2D eigenvalue weighted by Crippen LogP contribution is 2.29. The zero-order chi connectivity index (χ0) is 25.3. The molecule has 1 unspecified atom stereocenters. The van der Waals surface area contributed by atoms with Crippen LogP contribution in [-0.4, -0.2) is 72.5 Å². The molecule has 3 fully saturated rings. The number of halogens is 2. The van der Waals surface area contributed by atoms with E-state index in [1.165, 1.54) is 19.6 Å². The van der Waals surface area contributed by atoms with E-state index in [9.17, 15) is 26.8 Å². The summed E-state index contributed by atoms with van der Waals surface area (Å²) in [7, 11) is -3.74. The van der Waals surface area contributed by atoms with E-state index >= 15 is 0 Å². The summed E-state index contributed by atoms with van der Waals surface area (Å²) in [6.45, 7) is 2.65. The average molecular weight is 510 g/mol. The molecule has 9 nitrogen and oxygen atoms in total. The molecule has 3 heterocycles. The van der Waals surface area contributed by atoms with E-state index in [2.05, 4.69) is 11.4 Å². The van der Waals surface area contributed by atoms with Gasteiger partial charge in [0.15, 0.2) is 0 Å². The summed E-state index contributed by atoms with van der Waals surface area (Å²) < 4.78 is 55.7. The Kier molecular flexibility index (Phi) is 7.40. The van der Waals surface area contributed by atoms with Crippen LogP contribution in [0.3, 0.4) is 0 Å². The van der Waals surface area contributed by atoms with Gasteiger partial charge in [-0.05, 0) is 38.7 Å². The minimum Gasteiger partial charge on any atom is -0.348 e. The van der Waals surface area contributed by atoms with Crippen LogP contribution in [0, 0.1) is 34.8 Å². The number of benzene rings is 1. The second kappa shape index (κ2) is 10.2. The standard InChI is InChI=1S/C23H29F2N5O4S/c1-15(19-7-6-18(24)10-20(19)25)27-22(31)21-5-3-9-30(21)23(32)17-4-2-8-28(14-17)35(33,34)29-12-16(11-26)13-29/h6-7,10,15-17,21H,2-5,8-9,12-14H2,1H3,(H,27,31)/t15?,17-,21+/m0/s1. The monoisotopic (exact) mass is 509 g/mol. The summed E-state index contributed by atoms with van der Waals surface area (Å²) in [6.07, 6.45) is 2.12. The first-order chi connectivity index (χ1) is 16.6. The molecule has 0 spiro atoms. The zero-order valence-corrected chi connectivity index (χ0v) is 20.3. The van der Waals surface area contributed by atoms with Crippen molar-refractivity contribution in [3.63, 3.8) is 0 Å².